The second-order valence-corrected chi connectivity index (χ2v) is 8.28. The summed E-state index contributed by atoms with van der Waals surface area (Å²) in [6.45, 7) is 0.374. The molecule has 4 N–H and O–H groups in total. The van der Waals surface area contributed by atoms with Crippen LogP contribution in [0, 0.1) is 0 Å². The number of anilines is 1. The molecule has 0 radical (unpaired) electrons. The number of aromatic nitrogens is 2. The van der Waals surface area contributed by atoms with Gasteiger partial charge < -0.3 is 25.3 Å². The fraction of sp³-hybridized carbons (Fsp3) is 0.0476. The molecule has 32 heavy (non-hydrogen) atoms. The third-order valence-corrected chi connectivity index (χ3v) is 6.10. The van der Waals surface area contributed by atoms with E-state index in [1.807, 2.05) is 30.3 Å². The summed E-state index contributed by atoms with van der Waals surface area (Å²) in [6, 6.07) is 12.9. The zero-order chi connectivity index (χ0) is 22.7. The molecule has 0 fully saturated rings. The molecule has 0 saturated heterocycles. The molecule has 0 bridgehead atoms. The molecule has 0 unspecified atom stereocenters. The van der Waals surface area contributed by atoms with E-state index in [0.717, 1.165) is 16.9 Å². The summed E-state index contributed by atoms with van der Waals surface area (Å²) < 4.78 is 5.71. The van der Waals surface area contributed by atoms with Crippen molar-refractivity contribution >= 4 is 40.2 Å². The van der Waals surface area contributed by atoms with Crippen molar-refractivity contribution in [1.29, 1.82) is 0 Å². The van der Waals surface area contributed by atoms with E-state index >= 15 is 0 Å². The summed E-state index contributed by atoms with van der Waals surface area (Å²) in [4.78, 5) is 42.7. The van der Waals surface area contributed by atoms with Gasteiger partial charge in [-0.2, -0.15) is 0 Å². The van der Waals surface area contributed by atoms with Gasteiger partial charge in [-0.05, 0) is 17.0 Å². The molecule has 0 aliphatic carbocycles. The maximum absolute atomic E-state index is 12.7. The Kier molecular flexibility index (Phi) is 6.01. The number of thiophene rings is 2. The number of amides is 1. The quantitative estimate of drug-likeness (QED) is 0.323. The van der Waals surface area contributed by atoms with Gasteiger partial charge in [0, 0.05) is 11.4 Å². The van der Waals surface area contributed by atoms with Crippen LogP contribution < -0.4 is 15.6 Å². The fourth-order valence-corrected chi connectivity index (χ4v) is 4.27. The second-order valence-electron chi connectivity index (χ2n) is 6.46. The molecule has 9 nitrogen and oxygen atoms in total. The largest absolute Gasteiger partial charge is 0.501 e. The number of aromatic carboxylic acids is 1. The van der Waals surface area contributed by atoms with E-state index in [1.54, 1.807) is 22.9 Å². The lowest BCUT2D eigenvalue weighted by Gasteiger charge is -2.06. The highest BCUT2D eigenvalue weighted by atomic mass is 32.1. The first-order valence-corrected chi connectivity index (χ1v) is 10.9. The molecule has 3 heterocycles. The van der Waals surface area contributed by atoms with Crippen molar-refractivity contribution in [2.75, 3.05) is 5.32 Å². The first-order chi connectivity index (χ1) is 15.4. The maximum atomic E-state index is 12.7. The summed E-state index contributed by atoms with van der Waals surface area (Å²) >= 11 is 2.35. The number of nitrogens with one attached hydrogen (secondary N) is 2. The predicted molar refractivity (Wildman–Crippen MR) is 120 cm³/mol. The molecule has 4 rings (SSSR count). The number of carbonyl (C=O) groups excluding carboxylic acids is 1. The zero-order valence-electron chi connectivity index (χ0n) is 16.2. The third kappa shape index (κ3) is 4.53. The number of carboxylic acids is 1. The van der Waals surface area contributed by atoms with Gasteiger partial charge >= 0.3 is 5.97 Å². The van der Waals surface area contributed by atoms with Crippen molar-refractivity contribution < 1.29 is 24.5 Å². The first kappa shape index (κ1) is 21.3. The monoisotopic (exact) mass is 469 g/mol. The molecule has 3 aromatic heterocycles. The van der Waals surface area contributed by atoms with Gasteiger partial charge in [0.15, 0.2) is 11.5 Å². The lowest BCUT2D eigenvalue weighted by atomic mass is 10.2. The summed E-state index contributed by atoms with van der Waals surface area (Å²) in [5, 5.41) is 24.9. The molecule has 1 amide bonds. The highest BCUT2D eigenvalue weighted by Gasteiger charge is 2.21. The molecule has 0 atom stereocenters. The van der Waals surface area contributed by atoms with Crippen LogP contribution in [0.15, 0.2) is 58.0 Å². The average Bonchev–Trinajstić information content (AvgIpc) is 3.44. The number of nitrogens with zero attached hydrogens (tertiary/aromatic N) is 1. The minimum Gasteiger partial charge on any atom is -0.501 e. The lowest BCUT2D eigenvalue weighted by molar-refractivity contribution is 0.0686. The smallest absolute Gasteiger partial charge is 0.358 e. The Morgan fingerprint density at radius 2 is 1.94 bits per heavy atom. The topological polar surface area (TPSA) is 142 Å². The minimum absolute atomic E-state index is 0.0754. The summed E-state index contributed by atoms with van der Waals surface area (Å²) in [5.74, 6) is -2.44. The molecule has 4 aromatic rings. The lowest BCUT2D eigenvalue weighted by Crippen LogP contribution is -2.16. The van der Waals surface area contributed by atoms with Crippen LogP contribution in [-0.2, 0) is 6.61 Å². The molecule has 0 aliphatic rings. The molecular formula is C21H15N3O6S2. The van der Waals surface area contributed by atoms with Gasteiger partial charge in [-0.25, -0.2) is 9.78 Å². The number of benzene rings is 1. The van der Waals surface area contributed by atoms with E-state index in [2.05, 4.69) is 15.3 Å². The van der Waals surface area contributed by atoms with Crippen molar-refractivity contribution in [3.8, 4) is 22.2 Å². The summed E-state index contributed by atoms with van der Waals surface area (Å²) in [6.07, 6.45) is 0. The van der Waals surface area contributed by atoms with E-state index in [4.69, 9.17) is 9.84 Å². The van der Waals surface area contributed by atoms with Gasteiger partial charge in [-0.1, -0.05) is 30.3 Å². The number of hydrogen-bond acceptors (Lipinski definition) is 8. The van der Waals surface area contributed by atoms with Crippen molar-refractivity contribution in [3.63, 3.8) is 0 Å². The first-order valence-electron chi connectivity index (χ1n) is 9.13. The van der Waals surface area contributed by atoms with Gasteiger partial charge in [-0.3, -0.25) is 9.59 Å². The number of aromatic hydroxyl groups is 1. The highest BCUT2D eigenvalue weighted by molar-refractivity contribution is 7.14. The predicted octanol–water partition coefficient (Wildman–Crippen LogP) is 3.80. The number of aromatic amines is 1. The van der Waals surface area contributed by atoms with Crippen LogP contribution in [0.1, 0.15) is 25.7 Å². The third-order valence-electron chi connectivity index (χ3n) is 4.27. The van der Waals surface area contributed by atoms with Crippen LogP contribution in [0.2, 0.25) is 0 Å². The summed E-state index contributed by atoms with van der Waals surface area (Å²) in [5.41, 5.74) is -0.418. The fourth-order valence-electron chi connectivity index (χ4n) is 2.75. The number of carbonyl (C=O) groups is 2. The van der Waals surface area contributed by atoms with Crippen LogP contribution in [0.25, 0.3) is 10.7 Å². The minimum atomic E-state index is -1.54. The molecule has 0 saturated carbocycles. The van der Waals surface area contributed by atoms with E-state index in [9.17, 15) is 19.5 Å². The Bertz CT molecular complexity index is 1340. The number of rotatable bonds is 7. The highest BCUT2D eigenvalue weighted by Crippen LogP contribution is 2.32. The molecule has 1 aromatic carbocycles. The number of H-pyrrole nitrogens is 1. The van der Waals surface area contributed by atoms with E-state index in [1.165, 1.54) is 11.3 Å². The SMILES string of the molecule is O=C(Nc1ccsc1-c1nc(C(=O)O)c(O)c(=O)[nH]1)c1cc(OCc2ccccc2)cs1. The molecule has 0 aliphatic heterocycles. The Morgan fingerprint density at radius 3 is 2.69 bits per heavy atom. The molecule has 11 heteroatoms. The van der Waals surface area contributed by atoms with Crippen LogP contribution >= 0.6 is 22.7 Å². The van der Waals surface area contributed by atoms with Crippen LogP contribution in [-0.4, -0.2) is 32.1 Å². The molecule has 162 valence electrons. The Hall–Kier alpha value is -3.96. The normalized spacial score (nSPS) is 10.6. The average molecular weight is 470 g/mol. The van der Waals surface area contributed by atoms with E-state index < -0.39 is 28.9 Å². The number of ether oxygens (including phenoxy) is 1. The zero-order valence-corrected chi connectivity index (χ0v) is 17.8. The van der Waals surface area contributed by atoms with Crippen molar-refractivity contribution in [2.24, 2.45) is 0 Å². The van der Waals surface area contributed by atoms with Crippen molar-refractivity contribution in [3.05, 3.63) is 79.7 Å². The van der Waals surface area contributed by atoms with Crippen molar-refractivity contribution in [2.45, 2.75) is 6.61 Å². The van der Waals surface area contributed by atoms with Gasteiger partial charge in [0.05, 0.1) is 15.4 Å². The van der Waals surface area contributed by atoms with Gasteiger partial charge in [0.25, 0.3) is 11.5 Å². The van der Waals surface area contributed by atoms with Crippen LogP contribution in [0.4, 0.5) is 5.69 Å². The van der Waals surface area contributed by atoms with Gasteiger partial charge in [0.2, 0.25) is 5.75 Å². The van der Waals surface area contributed by atoms with E-state index in [-0.39, 0.29) is 5.82 Å². The van der Waals surface area contributed by atoms with Crippen molar-refractivity contribution in [1.82, 2.24) is 9.97 Å². The second kappa shape index (κ2) is 9.04. The Morgan fingerprint density at radius 1 is 1.16 bits per heavy atom. The Labute approximate surface area is 188 Å². The van der Waals surface area contributed by atoms with Crippen LogP contribution in [0.3, 0.4) is 0 Å². The summed E-state index contributed by atoms with van der Waals surface area (Å²) in [7, 11) is 0. The number of hydrogen-bond donors (Lipinski definition) is 4. The number of carboxylic acid groups (broad SMARTS) is 1. The standard InChI is InChI=1S/C21H15N3O6S2/c25-16-15(21(28)29)23-18(24-20(16)27)17-13(6-7-31-17)22-19(26)14-8-12(10-32-14)30-9-11-4-2-1-3-5-11/h1-8,10,25H,9H2,(H,22,26)(H,28,29)(H,23,24,27). The van der Waals surface area contributed by atoms with E-state index in [0.29, 0.717) is 27.8 Å². The van der Waals surface area contributed by atoms with Crippen LogP contribution in [0.5, 0.6) is 11.5 Å². The maximum Gasteiger partial charge on any atom is 0.358 e. The molecular weight excluding hydrogens is 454 g/mol. The molecule has 0 spiro atoms. The Balaban J connectivity index is 1.50. The van der Waals surface area contributed by atoms with Gasteiger partial charge in [-0.15, -0.1) is 22.7 Å². The van der Waals surface area contributed by atoms with Gasteiger partial charge in [0.1, 0.15) is 12.4 Å².